The van der Waals surface area contributed by atoms with Gasteiger partial charge in [-0.15, -0.1) is 11.3 Å². The van der Waals surface area contributed by atoms with E-state index in [1.807, 2.05) is 36.7 Å². The first kappa shape index (κ1) is 15.2. The van der Waals surface area contributed by atoms with Gasteiger partial charge in [0.2, 0.25) is 0 Å². The largest absolute Gasteiger partial charge is 0.367 e. The van der Waals surface area contributed by atoms with Gasteiger partial charge in [0, 0.05) is 47.8 Å². The van der Waals surface area contributed by atoms with Crippen LogP contribution in [0.3, 0.4) is 0 Å². The molecule has 0 amide bonds. The minimum Gasteiger partial charge on any atom is -0.367 e. The third-order valence-corrected chi connectivity index (χ3v) is 4.75. The van der Waals surface area contributed by atoms with Gasteiger partial charge in [-0.2, -0.15) is 0 Å². The molecule has 0 aromatic carbocycles. The average Bonchev–Trinajstić information content (AvgIpc) is 3.17. The van der Waals surface area contributed by atoms with Crippen molar-refractivity contribution < 1.29 is 4.74 Å². The van der Waals surface area contributed by atoms with Crippen molar-refractivity contribution >= 4 is 17.2 Å². The van der Waals surface area contributed by atoms with Crippen LogP contribution in [0.4, 0.5) is 5.82 Å². The maximum atomic E-state index is 5.87. The zero-order valence-corrected chi connectivity index (χ0v) is 14.1. The van der Waals surface area contributed by atoms with Crippen molar-refractivity contribution in [2.45, 2.75) is 13.0 Å². The molecular weight excluding hydrogens is 322 g/mol. The lowest BCUT2D eigenvalue weighted by Gasteiger charge is -2.33. The third-order valence-electron chi connectivity index (χ3n) is 3.88. The van der Waals surface area contributed by atoms with Gasteiger partial charge in [-0.25, -0.2) is 15.0 Å². The summed E-state index contributed by atoms with van der Waals surface area (Å²) >= 11 is 1.63. The minimum absolute atomic E-state index is 0.00383. The Hall–Kier alpha value is -2.38. The number of pyridine rings is 1. The monoisotopic (exact) mass is 339 g/mol. The van der Waals surface area contributed by atoms with E-state index in [0.717, 1.165) is 35.2 Å². The number of rotatable bonds is 3. The highest BCUT2D eigenvalue weighted by molar-refractivity contribution is 7.09. The topological polar surface area (TPSA) is 64.0 Å². The number of ether oxygens (including phenoxy) is 1. The lowest BCUT2D eigenvalue weighted by molar-refractivity contribution is 0.0393. The maximum absolute atomic E-state index is 5.87. The van der Waals surface area contributed by atoms with E-state index in [4.69, 9.17) is 9.72 Å². The van der Waals surface area contributed by atoms with Crippen molar-refractivity contribution in [2.75, 3.05) is 24.6 Å². The van der Waals surface area contributed by atoms with Crippen LogP contribution < -0.4 is 4.90 Å². The number of hydrogen-bond donors (Lipinski definition) is 0. The minimum atomic E-state index is -0.00383. The van der Waals surface area contributed by atoms with E-state index in [2.05, 4.69) is 19.9 Å². The molecule has 0 N–H and O–H groups in total. The molecule has 0 spiro atoms. The molecule has 1 atom stereocenters. The first-order valence-corrected chi connectivity index (χ1v) is 8.69. The molecule has 1 aliphatic rings. The first-order chi connectivity index (χ1) is 11.8. The number of hydrogen-bond acceptors (Lipinski definition) is 7. The predicted molar refractivity (Wildman–Crippen MR) is 93.0 cm³/mol. The number of morpholine rings is 1. The molecule has 3 aromatic rings. The number of anilines is 1. The summed E-state index contributed by atoms with van der Waals surface area (Å²) in [6, 6.07) is 5.89. The molecule has 1 unspecified atom stereocenters. The second kappa shape index (κ2) is 6.62. The molecule has 122 valence electrons. The lowest BCUT2D eigenvalue weighted by Crippen LogP contribution is -2.39. The van der Waals surface area contributed by atoms with Crippen LogP contribution >= 0.6 is 11.3 Å². The van der Waals surface area contributed by atoms with Crippen LogP contribution in [0.5, 0.6) is 0 Å². The number of thiazole rings is 1. The van der Waals surface area contributed by atoms with Gasteiger partial charge >= 0.3 is 0 Å². The van der Waals surface area contributed by atoms with E-state index in [9.17, 15) is 0 Å². The fourth-order valence-electron chi connectivity index (χ4n) is 2.74. The Kier molecular flexibility index (Phi) is 4.18. The molecule has 24 heavy (non-hydrogen) atoms. The fraction of sp³-hybridized carbons (Fsp3) is 0.294. The highest BCUT2D eigenvalue weighted by Gasteiger charge is 2.25. The van der Waals surface area contributed by atoms with Crippen LogP contribution in [0, 0.1) is 6.92 Å². The summed E-state index contributed by atoms with van der Waals surface area (Å²) in [5.41, 5.74) is 1.86. The van der Waals surface area contributed by atoms with Crippen LogP contribution in [-0.4, -0.2) is 39.6 Å². The smallest absolute Gasteiger partial charge is 0.163 e. The van der Waals surface area contributed by atoms with Gasteiger partial charge in [0.1, 0.15) is 16.9 Å². The summed E-state index contributed by atoms with van der Waals surface area (Å²) in [4.78, 5) is 20.1. The molecule has 3 aromatic heterocycles. The molecule has 6 nitrogen and oxygen atoms in total. The Morgan fingerprint density at radius 2 is 2.25 bits per heavy atom. The first-order valence-electron chi connectivity index (χ1n) is 7.81. The summed E-state index contributed by atoms with van der Waals surface area (Å²) in [6.45, 7) is 4.21. The van der Waals surface area contributed by atoms with Crippen molar-refractivity contribution in [1.29, 1.82) is 0 Å². The van der Waals surface area contributed by atoms with Crippen molar-refractivity contribution in [3.8, 4) is 11.4 Å². The number of aromatic nitrogens is 4. The van der Waals surface area contributed by atoms with E-state index in [1.165, 1.54) is 0 Å². The van der Waals surface area contributed by atoms with Crippen LogP contribution in [0.25, 0.3) is 11.4 Å². The Morgan fingerprint density at radius 3 is 3.04 bits per heavy atom. The Morgan fingerprint density at radius 1 is 1.29 bits per heavy atom. The van der Waals surface area contributed by atoms with Gasteiger partial charge in [-0.05, 0) is 19.1 Å². The van der Waals surface area contributed by atoms with Gasteiger partial charge in [0.25, 0.3) is 0 Å². The number of aryl methyl sites for hydroxylation is 1. The van der Waals surface area contributed by atoms with Gasteiger partial charge < -0.3 is 9.64 Å². The molecule has 0 saturated carbocycles. The second-order valence-electron chi connectivity index (χ2n) is 5.61. The van der Waals surface area contributed by atoms with Crippen LogP contribution in [0.2, 0.25) is 0 Å². The lowest BCUT2D eigenvalue weighted by atomic mass is 10.2. The molecule has 1 aliphatic heterocycles. The normalized spacial score (nSPS) is 17.9. The summed E-state index contributed by atoms with van der Waals surface area (Å²) in [6.07, 6.45) is 5.35. The fourth-order valence-corrected chi connectivity index (χ4v) is 3.42. The van der Waals surface area contributed by atoms with Crippen molar-refractivity contribution in [1.82, 2.24) is 19.9 Å². The Bertz CT molecular complexity index is 809. The number of nitrogens with zero attached hydrogens (tertiary/aromatic N) is 5. The van der Waals surface area contributed by atoms with Crippen LogP contribution in [0.15, 0.2) is 42.2 Å². The van der Waals surface area contributed by atoms with Gasteiger partial charge in [0.15, 0.2) is 5.82 Å². The van der Waals surface area contributed by atoms with Gasteiger partial charge in [-0.1, -0.05) is 0 Å². The van der Waals surface area contributed by atoms with E-state index < -0.39 is 0 Å². The van der Waals surface area contributed by atoms with E-state index in [-0.39, 0.29) is 6.10 Å². The highest BCUT2D eigenvalue weighted by atomic mass is 32.1. The van der Waals surface area contributed by atoms with E-state index >= 15 is 0 Å². The van der Waals surface area contributed by atoms with Gasteiger partial charge in [-0.3, -0.25) is 4.98 Å². The average molecular weight is 339 g/mol. The summed E-state index contributed by atoms with van der Waals surface area (Å²) < 4.78 is 5.87. The molecule has 0 aliphatic carbocycles. The quantitative estimate of drug-likeness (QED) is 0.731. The van der Waals surface area contributed by atoms with Crippen molar-refractivity contribution in [2.24, 2.45) is 0 Å². The van der Waals surface area contributed by atoms with Crippen LogP contribution in [0.1, 0.15) is 16.8 Å². The SMILES string of the molecule is Cc1cc(N2CCOC(c3nccs3)C2)nc(-c2cccnc2)n1. The summed E-state index contributed by atoms with van der Waals surface area (Å²) in [5.74, 6) is 1.63. The van der Waals surface area contributed by atoms with Crippen molar-refractivity contribution in [3.63, 3.8) is 0 Å². The molecule has 4 rings (SSSR count). The van der Waals surface area contributed by atoms with Crippen molar-refractivity contribution in [3.05, 3.63) is 52.9 Å². The van der Waals surface area contributed by atoms with E-state index in [1.54, 1.807) is 23.7 Å². The molecular formula is C17H17N5OS. The molecule has 4 heterocycles. The van der Waals surface area contributed by atoms with E-state index in [0.29, 0.717) is 12.4 Å². The molecule has 0 radical (unpaired) electrons. The Labute approximate surface area is 144 Å². The Balaban J connectivity index is 1.63. The highest BCUT2D eigenvalue weighted by Crippen LogP contribution is 2.27. The summed E-state index contributed by atoms with van der Waals surface area (Å²) in [7, 11) is 0. The zero-order valence-electron chi connectivity index (χ0n) is 13.3. The predicted octanol–water partition coefficient (Wildman–Crippen LogP) is 2.88. The maximum Gasteiger partial charge on any atom is 0.163 e. The molecule has 1 saturated heterocycles. The molecule has 7 heteroatoms. The zero-order chi connectivity index (χ0) is 16.4. The molecule has 1 fully saturated rings. The standard InChI is InChI=1S/C17H17N5OS/c1-12-9-15(21-16(20-12)13-3-2-4-18-10-13)22-6-7-23-14(11-22)17-19-5-8-24-17/h2-5,8-10,14H,6-7,11H2,1H3. The van der Waals surface area contributed by atoms with Crippen LogP contribution in [-0.2, 0) is 4.74 Å². The third kappa shape index (κ3) is 3.13. The second-order valence-corrected chi connectivity index (χ2v) is 6.53. The van der Waals surface area contributed by atoms with Gasteiger partial charge in [0.05, 0.1) is 13.2 Å². The summed E-state index contributed by atoms with van der Waals surface area (Å²) in [5, 5.41) is 2.99. The molecule has 0 bridgehead atoms.